The zero-order valence-electron chi connectivity index (χ0n) is 26.0. The quantitative estimate of drug-likeness (QED) is 0.289. The van der Waals surface area contributed by atoms with Crippen LogP contribution in [0.4, 0.5) is 22.4 Å². The minimum Gasteiger partial charge on any atom is -0.379 e. The van der Waals surface area contributed by atoms with Gasteiger partial charge in [0.1, 0.15) is 17.5 Å². The molecule has 2 N–H and O–H groups in total. The monoisotopic (exact) mass is 618 g/mol. The first-order valence-corrected chi connectivity index (χ1v) is 16.0. The van der Waals surface area contributed by atoms with Crippen molar-refractivity contribution >= 4 is 23.6 Å². The highest BCUT2D eigenvalue weighted by Gasteiger charge is 2.49. The molecule has 1 aromatic carbocycles. The smallest absolute Gasteiger partial charge is 0.323 e. The van der Waals surface area contributed by atoms with Crippen LogP contribution < -0.4 is 20.4 Å². The third-order valence-corrected chi connectivity index (χ3v) is 9.53. The summed E-state index contributed by atoms with van der Waals surface area (Å²) < 4.78 is 7.46. The third kappa shape index (κ3) is 5.98. The fourth-order valence-corrected chi connectivity index (χ4v) is 6.85. The van der Waals surface area contributed by atoms with Gasteiger partial charge in [-0.3, -0.25) is 9.58 Å². The molecule has 46 heavy (non-hydrogen) atoms. The van der Waals surface area contributed by atoms with Crippen LogP contribution in [0.2, 0.25) is 0 Å². The highest BCUT2D eigenvalue weighted by molar-refractivity contribution is 5.91. The van der Waals surface area contributed by atoms with E-state index in [-0.39, 0.29) is 23.7 Å². The zero-order valence-corrected chi connectivity index (χ0v) is 26.0. The first kappa shape index (κ1) is 29.7. The summed E-state index contributed by atoms with van der Waals surface area (Å²) in [5.74, 6) is 1.84. The second kappa shape index (κ2) is 12.8. The number of hydrogen-bond acceptors (Lipinski definition) is 9. The number of nitrogens with zero attached hydrogens (tertiary/aromatic N) is 8. The number of pyridine rings is 1. The van der Waals surface area contributed by atoms with Crippen molar-refractivity contribution in [3.8, 4) is 17.2 Å². The number of carbonyl (C=O) groups is 1. The average Bonchev–Trinajstić information content (AvgIpc) is 3.77. The van der Waals surface area contributed by atoms with Gasteiger partial charge < -0.3 is 20.3 Å². The maximum absolute atomic E-state index is 13.7. The fraction of sp³-hybridized carbons (Fsp3) is 0.412. The van der Waals surface area contributed by atoms with E-state index in [4.69, 9.17) is 14.7 Å². The predicted octanol–water partition coefficient (Wildman–Crippen LogP) is 4.65. The van der Waals surface area contributed by atoms with Crippen molar-refractivity contribution < 1.29 is 9.53 Å². The van der Waals surface area contributed by atoms with E-state index >= 15 is 0 Å². The third-order valence-electron chi connectivity index (χ3n) is 9.53. The Morgan fingerprint density at radius 3 is 2.57 bits per heavy atom. The lowest BCUT2D eigenvalue weighted by Gasteiger charge is -2.50. The van der Waals surface area contributed by atoms with Crippen molar-refractivity contribution in [1.29, 1.82) is 5.26 Å². The summed E-state index contributed by atoms with van der Waals surface area (Å²) in [5, 5.41) is 20.7. The van der Waals surface area contributed by atoms with Crippen molar-refractivity contribution in [2.75, 3.05) is 34.9 Å². The maximum atomic E-state index is 13.7. The number of benzene rings is 1. The number of amides is 2. The van der Waals surface area contributed by atoms with Gasteiger partial charge in [-0.25, -0.2) is 14.8 Å². The van der Waals surface area contributed by atoms with Gasteiger partial charge in [0.2, 0.25) is 5.95 Å². The topological polar surface area (TPSA) is 137 Å². The van der Waals surface area contributed by atoms with Crippen LogP contribution >= 0.6 is 0 Å². The Balaban J connectivity index is 1.05. The minimum atomic E-state index is -0.165. The maximum Gasteiger partial charge on any atom is 0.323 e. The Kier molecular flexibility index (Phi) is 8.24. The highest BCUT2D eigenvalue weighted by Crippen LogP contribution is 2.42. The van der Waals surface area contributed by atoms with Crippen LogP contribution in [0.5, 0.6) is 0 Å². The molecule has 12 heteroatoms. The number of nitriles is 1. The van der Waals surface area contributed by atoms with Gasteiger partial charge in [-0.2, -0.15) is 15.3 Å². The molecule has 1 unspecified atom stereocenters. The first-order chi connectivity index (χ1) is 22.5. The molecule has 2 saturated heterocycles. The van der Waals surface area contributed by atoms with Crippen molar-refractivity contribution in [2.24, 2.45) is 7.05 Å². The Bertz CT molecular complexity index is 1700. The van der Waals surface area contributed by atoms with Gasteiger partial charge in [0.15, 0.2) is 5.82 Å². The van der Waals surface area contributed by atoms with Crippen molar-refractivity contribution in [2.45, 2.75) is 62.7 Å². The Hall–Kier alpha value is -5.02. The molecule has 1 saturated carbocycles. The van der Waals surface area contributed by atoms with E-state index in [1.54, 1.807) is 23.3 Å². The van der Waals surface area contributed by atoms with E-state index in [9.17, 15) is 10.1 Å². The number of aryl methyl sites for hydroxylation is 1. The second-order valence-electron chi connectivity index (χ2n) is 12.4. The van der Waals surface area contributed by atoms with E-state index < -0.39 is 0 Å². The Labute approximate surface area is 268 Å². The molecular formula is C34H38N10O2. The van der Waals surface area contributed by atoms with Gasteiger partial charge in [0, 0.05) is 62.3 Å². The van der Waals surface area contributed by atoms with Crippen molar-refractivity contribution in [1.82, 2.24) is 30.0 Å². The summed E-state index contributed by atoms with van der Waals surface area (Å²) in [4.78, 5) is 31.8. The van der Waals surface area contributed by atoms with Crippen molar-refractivity contribution in [3.05, 3.63) is 78.4 Å². The van der Waals surface area contributed by atoms with Crippen LogP contribution in [0.1, 0.15) is 49.7 Å². The molecule has 3 fully saturated rings. The number of hydrogen-bond donors (Lipinski definition) is 2. The molecule has 236 valence electrons. The summed E-state index contributed by atoms with van der Waals surface area (Å²) in [6, 6.07) is 16.0. The zero-order chi connectivity index (χ0) is 31.5. The Morgan fingerprint density at radius 1 is 1.07 bits per heavy atom. The van der Waals surface area contributed by atoms with Crippen LogP contribution in [-0.4, -0.2) is 68.1 Å². The van der Waals surface area contributed by atoms with E-state index in [2.05, 4.69) is 31.7 Å². The summed E-state index contributed by atoms with van der Waals surface area (Å²) in [7, 11) is 1.88. The molecule has 0 radical (unpaired) electrons. The van der Waals surface area contributed by atoms with Gasteiger partial charge in [0.25, 0.3) is 0 Å². The largest absolute Gasteiger partial charge is 0.379 e. The molecule has 4 aromatic rings. The molecule has 7 rings (SSSR count). The number of ether oxygens (including phenoxy) is 1. The minimum absolute atomic E-state index is 0.0219. The van der Waals surface area contributed by atoms with E-state index in [0.717, 1.165) is 68.4 Å². The second-order valence-corrected chi connectivity index (χ2v) is 12.4. The molecule has 2 aliphatic heterocycles. The molecule has 3 aliphatic rings. The molecule has 0 bridgehead atoms. The van der Waals surface area contributed by atoms with Gasteiger partial charge >= 0.3 is 6.03 Å². The molecule has 3 aromatic heterocycles. The Morgan fingerprint density at radius 2 is 1.91 bits per heavy atom. The average molecular weight is 619 g/mol. The molecule has 1 atom stereocenters. The van der Waals surface area contributed by atoms with Crippen LogP contribution in [0.15, 0.2) is 67.3 Å². The number of aromatic nitrogens is 5. The van der Waals surface area contributed by atoms with Gasteiger partial charge in [-0.05, 0) is 56.2 Å². The highest BCUT2D eigenvalue weighted by atomic mass is 16.5. The number of rotatable bonds is 8. The standard InChI is InChI=1S/C34H38N10O2/c1-42-22-27(21-39-42)25-7-12-30(36-19-25)44(33(45)38-18-24-5-3-2-4-6-24)29-10-8-28(9-11-29)40-32-37-20-26(17-35)31(41-32)43-15-13-34(43)14-16-46-23-34/h2-7,12,19-22,28-29H,8-11,13-16,18,23H2,1H3,(H,38,45)(H,37,40,41). The lowest BCUT2D eigenvalue weighted by atomic mass is 9.83. The SMILES string of the molecule is Cn1cc(-c2ccc(N(C(=O)NCc3ccccc3)C3CCC(Nc4ncc(C#N)c(N5CCC56CCOC6)n4)CC3)nc2)cn1. The van der Waals surface area contributed by atoms with Gasteiger partial charge in [-0.15, -0.1) is 0 Å². The predicted molar refractivity (Wildman–Crippen MR) is 174 cm³/mol. The molecular weight excluding hydrogens is 580 g/mol. The lowest BCUT2D eigenvalue weighted by Crippen LogP contribution is -2.61. The van der Waals surface area contributed by atoms with Crippen molar-refractivity contribution in [3.63, 3.8) is 0 Å². The lowest BCUT2D eigenvalue weighted by molar-refractivity contribution is 0.156. The molecule has 1 aliphatic carbocycles. The number of anilines is 3. The van der Waals surface area contributed by atoms with Crippen LogP contribution in [0.3, 0.4) is 0 Å². The number of nitrogens with one attached hydrogen (secondary N) is 2. The van der Waals surface area contributed by atoms with Crippen LogP contribution in [0, 0.1) is 11.3 Å². The summed E-state index contributed by atoms with van der Waals surface area (Å²) in [5.41, 5.74) is 3.39. The van der Waals surface area contributed by atoms with Gasteiger partial charge in [0.05, 0.1) is 24.5 Å². The molecule has 2 amide bonds. The summed E-state index contributed by atoms with van der Waals surface area (Å²) >= 11 is 0. The number of carbonyl (C=O) groups excluding carboxylic acids is 1. The normalized spacial score (nSPS) is 22.2. The molecule has 5 heterocycles. The fourth-order valence-electron chi connectivity index (χ4n) is 6.85. The summed E-state index contributed by atoms with van der Waals surface area (Å²) in [6.45, 7) is 2.71. The van der Waals surface area contributed by atoms with Crippen LogP contribution in [-0.2, 0) is 18.3 Å². The first-order valence-electron chi connectivity index (χ1n) is 16.0. The van der Waals surface area contributed by atoms with Crippen LogP contribution in [0.25, 0.3) is 11.1 Å². The van der Waals surface area contributed by atoms with E-state index in [1.807, 2.05) is 60.6 Å². The van der Waals surface area contributed by atoms with E-state index in [0.29, 0.717) is 36.3 Å². The molecule has 12 nitrogen and oxygen atoms in total. The molecule has 1 spiro atoms. The number of urea groups is 1. The van der Waals surface area contributed by atoms with E-state index in [1.165, 1.54) is 0 Å². The van der Waals surface area contributed by atoms with Gasteiger partial charge in [-0.1, -0.05) is 30.3 Å². The summed E-state index contributed by atoms with van der Waals surface area (Å²) in [6.07, 6.45) is 12.4.